The number of benzene rings is 1. The number of pyridine rings is 1. The van der Waals surface area contributed by atoms with Crippen LogP contribution >= 0.6 is 15.9 Å². The van der Waals surface area contributed by atoms with Gasteiger partial charge in [0.2, 0.25) is 11.5 Å². The summed E-state index contributed by atoms with van der Waals surface area (Å²) in [6.07, 6.45) is 1.51. The Bertz CT molecular complexity index is 1300. The van der Waals surface area contributed by atoms with E-state index in [2.05, 4.69) is 36.0 Å². The van der Waals surface area contributed by atoms with Gasteiger partial charge in [0.15, 0.2) is 0 Å². The van der Waals surface area contributed by atoms with Crippen LogP contribution in [0.5, 0.6) is 5.88 Å². The number of nitrogens with one attached hydrogen (secondary N) is 1. The molecule has 3 aromatic heterocycles. The number of carbonyl (C=O) groups is 1. The number of hydrogen-bond donors (Lipinski definition) is 2. The van der Waals surface area contributed by atoms with E-state index in [0.29, 0.717) is 28.1 Å². The van der Waals surface area contributed by atoms with Crippen LogP contribution in [0.1, 0.15) is 16.1 Å². The summed E-state index contributed by atoms with van der Waals surface area (Å²) in [6, 6.07) is 9.08. The molecule has 8 nitrogen and oxygen atoms in total. The Morgan fingerprint density at radius 3 is 2.75 bits per heavy atom. The van der Waals surface area contributed by atoms with Gasteiger partial charge in [0, 0.05) is 29.8 Å². The molecule has 9 heteroatoms. The van der Waals surface area contributed by atoms with Crippen LogP contribution in [0.15, 0.2) is 46.0 Å². The maximum Gasteiger partial charge on any atom is 0.280 e. The van der Waals surface area contributed by atoms with E-state index >= 15 is 0 Å². The maximum atomic E-state index is 12.8. The van der Waals surface area contributed by atoms with E-state index in [9.17, 15) is 9.90 Å². The fourth-order valence-electron chi connectivity index (χ4n) is 3.02. The normalized spacial score (nSPS) is 12.1. The Morgan fingerprint density at radius 2 is 2.04 bits per heavy atom. The number of carbonyl (C=O) groups excluding carboxylic acids is 1. The molecule has 0 aliphatic rings. The SMILES string of the molecule is Cc1cc(C(=O)/N=c2\[nH]c3cc(Br)ccc3n2C)cc(-c2cnn(C)c2O)n1. The Hall–Kier alpha value is -3.20. The van der Waals surface area contributed by atoms with E-state index in [4.69, 9.17) is 0 Å². The van der Waals surface area contributed by atoms with Gasteiger partial charge in [0.25, 0.3) is 5.91 Å². The molecule has 0 saturated heterocycles. The lowest BCUT2D eigenvalue weighted by atomic mass is 10.1. The minimum atomic E-state index is -0.406. The standard InChI is InChI=1S/C19H17BrN6O2/c1-10-6-11(7-14(22-10)13-9-21-26(3)18(13)28)17(27)24-19-23-15-8-12(20)4-5-16(15)25(19)2/h4-9,28H,1-3H3,(H,23,24,27). The lowest BCUT2D eigenvalue weighted by molar-refractivity contribution is 0.0996. The van der Waals surface area contributed by atoms with Crippen LogP contribution in [0.3, 0.4) is 0 Å². The van der Waals surface area contributed by atoms with E-state index in [0.717, 1.165) is 15.5 Å². The zero-order chi connectivity index (χ0) is 20.0. The van der Waals surface area contributed by atoms with Crippen molar-refractivity contribution in [1.82, 2.24) is 24.3 Å². The highest BCUT2D eigenvalue weighted by Gasteiger charge is 2.15. The van der Waals surface area contributed by atoms with Gasteiger partial charge in [-0.1, -0.05) is 15.9 Å². The van der Waals surface area contributed by atoms with E-state index in [1.807, 2.05) is 29.8 Å². The van der Waals surface area contributed by atoms with Gasteiger partial charge < -0.3 is 14.7 Å². The summed E-state index contributed by atoms with van der Waals surface area (Å²) in [4.78, 5) is 24.6. The number of imidazole rings is 1. The van der Waals surface area contributed by atoms with Gasteiger partial charge in [-0.25, -0.2) is 4.68 Å². The molecule has 0 unspecified atom stereocenters. The first-order chi connectivity index (χ1) is 13.3. The second-order valence-electron chi connectivity index (χ2n) is 6.47. The van der Waals surface area contributed by atoms with Gasteiger partial charge in [-0.05, 0) is 37.3 Å². The van der Waals surface area contributed by atoms with Crippen molar-refractivity contribution in [3.8, 4) is 17.1 Å². The summed E-state index contributed by atoms with van der Waals surface area (Å²) in [5.41, 5.74) is 4.19. The fourth-order valence-corrected chi connectivity index (χ4v) is 3.39. The van der Waals surface area contributed by atoms with Crippen LogP contribution in [-0.4, -0.2) is 35.3 Å². The maximum absolute atomic E-state index is 12.8. The minimum absolute atomic E-state index is 0.0129. The van der Waals surface area contributed by atoms with E-state index in [1.165, 1.54) is 10.9 Å². The first-order valence-corrected chi connectivity index (χ1v) is 9.26. The van der Waals surface area contributed by atoms with Crippen molar-refractivity contribution in [2.45, 2.75) is 6.92 Å². The third-order valence-electron chi connectivity index (χ3n) is 4.48. The van der Waals surface area contributed by atoms with Crippen LogP contribution in [0.2, 0.25) is 0 Å². The van der Waals surface area contributed by atoms with E-state index in [-0.39, 0.29) is 5.88 Å². The van der Waals surface area contributed by atoms with Crippen LogP contribution < -0.4 is 5.62 Å². The summed E-state index contributed by atoms with van der Waals surface area (Å²) >= 11 is 3.44. The molecule has 1 amide bonds. The second-order valence-corrected chi connectivity index (χ2v) is 7.39. The Morgan fingerprint density at radius 1 is 1.25 bits per heavy atom. The molecular weight excluding hydrogens is 424 g/mol. The molecular formula is C19H17BrN6O2. The molecule has 1 aromatic carbocycles. The molecule has 28 heavy (non-hydrogen) atoms. The summed E-state index contributed by atoms with van der Waals surface area (Å²) < 4.78 is 4.10. The van der Waals surface area contributed by atoms with Crippen molar-refractivity contribution >= 4 is 32.9 Å². The van der Waals surface area contributed by atoms with Crippen LogP contribution in [0, 0.1) is 6.92 Å². The Labute approximate surface area is 168 Å². The zero-order valence-electron chi connectivity index (χ0n) is 15.4. The van der Waals surface area contributed by atoms with Gasteiger partial charge in [0.05, 0.1) is 28.5 Å². The van der Waals surface area contributed by atoms with Gasteiger partial charge in [-0.3, -0.25) is 9.78 Å². The molecule has 0 aliphatic carbocycles. The predicted molar refractivity (Wildman–Crippen MR) is 108 cm³/mol. The van der Waals surface area contributed by atoms with Crippen LogP contribution in [0.25, 0.3) is 22.3 Å². The molecule has 0 atom stereocenters. The number of halogens is 1. The van der Waals surface area contributed by atoms with Gasteiger partial charge in [0.1, 0.15) is 0 Å². The lowest BCUT2D eigenvalue weighted by Crippen LogP contribution is -2.18. The second kappa shape index (κ2) is 6.75. The van der Waals surface area contributed by atoms with Crippen molar-refractivity contribution in [3.05, 3.63) is 57.9 Å². The fraction of sp³-hybridized carbons (Fsp3) is 0.158. The predicted octanol–water partition coefficient (Wildman–Crippen LogP) is 2.82. The topological polar surface area (TPSA) is 101 Å². The Balaban J connectivity index is 1.80. The lowest BCUT2D eigenvalue weighted by Gasteiger charge is -2.04. The van der Waals surface area contributed by atoms with Crippen molar-refractivity contribution < 1.29 is 9.90 Å². The molecule has 3 heterocycles. The van der Waals surface area contributed by atoms with Gasteiger partial charge in [-0.15, -0.1) is 0 Å². The van der Waals surface area contributed by atoms with Crippen molar-refractivity contribution in [3.63, 3.8) is 0 Å². The highest BCUT2D eigenvalue weighted by atomic mass is 79.9. The minimum Gasteiger partial charge on any atom is -0.493 e. The quantitative estimate of drug-likeness (QED) is 0.500. The number of fused-ring (bicyclic) bond motifs is 1. The van der Waals surface area contributed by atoms with Crippen molar-refractivity contribution in [2.24, 2.45) is 19.1 Å². The molecule has 0 fully saturated rings. The Kier molecular flexibility index (Phi) is 4.38. The monoisotopic (exact) mass is 440 g/mol. The average Bonchev–Trinajstić information content (AvgIpc) is 3.14. The molecule has 4 rings (SSSR count). The summed E-state index contributed by atoms with van der Waals surface area (Å²) in [5.74, 6) is -0.419. The molecule has 0 aliphatic heterocycles. The third-order valence-corrected chi connectivity index (χ3v) is 4.97. The molecule has 0 radical (unpaired) electrons. The number of amides is 1. The third kappa shape index (κ3) is 3.13. The molecule has 0 bridgehead atoms. The van der Waals surface area contributed by atoms with E-state index < -0.39 is 5.91 Å². The van der Waals surface area contributed by atoms with Crippen LogP contribution in [0.4, 0.5) is 0 Å². The molecule has 142 valence electrons. The number of aromatic nitrogens is 5. The number of H-pyrrole nitrogens is 1. The number of aryl methyl sites for hydroxylation is 3. The van der Waals surface area contributed by atoms with Crippen molar-refractivity contribution in [2.75, 3.05) is 0 Å². The number of hydrogen-bond acceptors (Lipinski definition) is 4. The number of rotatable bonds is 2. The largest absolute Gasteiger partial charge is 0.493 e. The molecule has 2 N–H and O–H groups in total. The molecule has 0 spiro atoms. The van der Waals surface area contributed by atoms with Crippen LogP contribution in [-0.2, 0) is 14.1 Å². The highest BCUT2D eigenvalue weighted by molar-refractivity contribution is 9.10. The summed E-state index contributed by atoms with van der Waals surface area (Å²) in [6.45, 7) is 1.79. The first-order valence-electron chi connectivity index (χ1n) is 8.47. The first kappa shape index (κ1) is 18.2. The number of aromatic amines is 1. The van der Waals surface area contributed by atoms with Crippen molar-refractivity contribution in [1.29, 1.82) is 0 Å². The molecule has 0 saturated carbocycles. The number of nitrogens with zero attached hydrogens (tertiary/aromatic N) is 5. The smallest absolute Gasteiger partial charge is 0.280 e. The average molecular weight is 441 g/mol. The summed E-state index contributed by atoms with van der Waals surface area (Å²) in [7, 11) is 3.47. The van der Waals surface area contributed by atoms with Gasteiger partial charge >= 0.3 is 0 Å². The highest BCUT2D eigenvalue weighted by Crippen LogP contribution is 2.27. The van der Waals surface area contributed by atoms with Gasteiger partial charge in [-0.2, -0.15) is 10.1 Å². The zero-order valence-corrected chi connectivity index (χ0v) is 17.0. The molecule has 4 aromatic rings. The van der Waals surface area contributed by atoms with E-state index in [1.54, 1.807) is 26.1 Å². The number of aromatic hydroxyl groups is 1. The summed E-state index contributed by atoms with van der Waals surface area (Å²) in [5, 5.41) is 14.1.